The van der Waals surface area contributed by atoms with Crippen molar-refractivity contribution in [1.82, 2.24) is 0 Å². The Bertz CT molecular complexity index is 1150. The van der Waals surface area contributed by atoms with Crippen molar-refractivity contribution >= 4 is 34.8 Å². The first-order valence-corrected chi connectivity index (χ1v) is 10.1. The Balaban J connectivity index is 1.48. The lowest BCUT2D eigenvalue weighted by Crippen LogP contribution is -2.59. The highest BCUT2D eigenvalue weighted by Gasteiger charge is 2.43. The molecule has 1 aromatic heterocycles. The predicted molar refractivity (Wildman–Crippen MR) is 119 cm³/mol. The fourth-order valence-electron chi connectivity index (χ4n) is 3.58. The van der Waals surface area contributed by atoms with Crippen LogP contribution in [0.25, 0.3) is 0 Å². The van der Waals surface area contributed by atoms with Crippen LogP contribution in [0.3, 0.4) is 0 Å². The van der Waals surface area contributed by atoms with Crippen LogP contribution in [0.4, 0.5) is 17.1 Å². The molecule has 1 aliphatic rings. The highest BCUT2D eigenvalue weighted by Crippen LogP contribution is 2.36. The molecule has 8 nitrogen and oxygen atoms in total. The standard InChI is InChI=1S/C24H23N3O5/c1-24(2)23(30)26-19-11-5-6-12-20(19)27(24)21(28)15-32-22(29)17-9-3-4-10-18(17)25-14-16-8-7-13-31-16/h3-13,25H,14-15H2,1-2H3,(H,26,30). The number of hydrogen-bond acceptors (Lipinski definition) is 6. The Kier molecular flexibility index (Phi) is 5.68. The highest BCUT2D eigenvalue weighted by molar-refractivity contribution is 6.14. The van der Waals surface area contributed by atoms with Gasteiger partial charge in [-0.2, -0.15) is 0 Å². The number of carbonyl (C=O) groups excluding carboxylic acids is 3. The lowest BCUT2D eigenvalue weighted by molar-refractivity contribution is -0.128. The number of esters is 1. The number of para-hydroxylation sites is 3. The predicted octanol–water partition coefficient (Wildman–Crippen LogP) is 3.81. The summed E-state index contributed by atoms with van der Waals surface area (Å²) in [6.45, 7) is 3.18. The van der Waals surface area contributed by atoms with E-state index in [-0.39, 0.29) is 5.91 Å². The second-order valence-corrected chi connectivity index (χ2v) is 7.81. The number of ether oxygens (including phenoxy) is 1. The number of fused-ring (bicyclic) bond motifs is 1. The minimum Gasteiger partial charge on any atom is -0.467 e. The summed E-state index contributed by atoms with van der Waals surface area (Å²) in [6.07, 6.45) is 1.57. The lowest BCUT2D eigenvalue weighted by Gasteiger charge is -2.41. The molecule has 0 bridgehead atoms. The van der Waals surface area contributed by atoms with Crippen molar-refractivity contribution in [2.45, 2.75) is 25.9 Å². The van der Waals surface area contributed by atoms with E-state index in [1.807, 2.05) is 6.07 Å². The average Bonchev–Trinajstić information content (AvgIpc) is 3.30. The van der Waals surface area contributed by atoms with Crippen LogP contribution in [0.1, 0.15) is 30.0 Å². The number of carbonyl (C=O) groups is 3. The molecule has 2 aromatic carbocycles. The summed E-state index contributed by atoms with van der Waals surface area (Å²) < 4.78 is 10.6. The Labute approximate surface area is 185 Å². The summed E-state index contributed by atoms with van der Waals surface area (Å²) >= 11 is 0. The van der Waals surface area contributed by atoms with Crippen LogP contribution in [0.15, 0.2) is 71.3 Å². The molecule has 0 spiro atoms. The maximum atomic E-state index is 13.1. The zero-order valence-corrected chi connectivity index (χ0v) is 17.8. The van der Waals surface area contributed by atoms with E-state index < -0.39 is 24.0 Å². The molecular weight excluding hydrogens is 410 g/mol. The largest absolute Gasteiger partial charge is 0.467 e. The molecule has 3 aromatic rings. The number of nitrogens with zero attached hydrogens (tertiary/aromatic N) is 1. The van der Waals surface area contributed by atoms with Gasteiger partial charge in [-0.25, -0.2) is 4.79 Å². The normalized spacial score (nSPS) is 14.3. The molecule has 2 N–H and O–H groups in total. The van der Waals surface area contributed by atoms with E-state index in [0.717, 1.165) is 0 Å². The molecule has 0 saturated carbocycles. The third-order valence-electron chi connectivity index (χ3n) is 5.26. The van der Waals surface area contributed by atoms with Crippen LogP contribution >= 0.6 is 0 Å². The van der Waals surface area contributed by atoms with Gasteiger partial charge in [-0.1, -0.05) is 24.3 Å². The Morgan fingerprint density at radius 2 is 1.81 bits per heavy atom. The quantitative estimate of drug-likeness (QED) is 0.574. The van der Waals surface area contributed by atoms with Gasteiger partial charge in [0.1, 0.15) is 11.3 Å². The number of anilines is 3. The molecule has 0 aliphatic carbocycles. The fourth-order valence-corrected chi connectivity index (χ4v) is 3.58. The minimum atomic E-state index is -1.14. The van der Waals surface area contributed by atoms with Crippen LogP contribution < -0.4 is 15.5 Å². The number of furan rings is 1. The zero-order valence-electron chi connectivity index (χ0n) is 17.8. The van der Waals surface area contributed by atoms with E-state index in [2.05, 4.69) is 10.6 Å². The van der Waals surface area contributed by atoms with Gasteiger partial charge >= 0.3 is 5.97 Å². The molecule has 0 atom stereocenters. The van der Waals surface area contributed by atoms with Crippen molar-refractivity contribution in [3.05, 3.63) is 78.3 Å². The Hall–Kier alpha value is -4.07. The van der Waals surface area contributed by atoms with Gasteiger partial charge in [0.2, 0.25) is 5.91 Å². The van der Waals surface area contributed by atoms with E-state index >= 15 is 0 Å². The van der Waals surface area contributed by atoms with Gasteiger partial charge < -0.3 is 19.8 Å². The van der Waals surface area contributed by atoms with Crippen molar-refractivity contribution in [1.29, 1.82) is 0 Å². The summed E-state index contributed by atoms with van der Waals surface area (Å²) in [5, 5.41) is 5.94. The molecule has 164 valence electrons. The second-order valence-electron chi connectivity index (χ2n) is 7.81. The molecule has 0 saturated heterocycles. The van der Waals surface area contributed by atoms with Crippen molar-refractivity contribution in [2.75, 3.05) is 22.1 Å². The van der Waals surface area contributed by atoms with Crippen LogP contribution in [0, 0.1) is 0 Å². The van der Waals surface area contributed by atoms with Crippen LogP contribution in [0.5, 0.6) is 0 Å². The van der Waals surface area contributed by atoms with E-state index in [1.54, 1.807) is 74.7 Å². The van der Waals surface area contributed by atoms with Gasteiger partial charge in [0.15, 0.2) is 6.61 Å². The number of amides is 2. The molecule has 2 heterocycles. The molecule has 1 aliphatic heterocycles. The summed E-state index contributed by atoms with van der Waals surface area (Å²) in [6, 6.07) is 17.5. The molecule has 2 amide bonds. The zero-order chi connectivity index (χ0) is 22.7. The van der Waals surface area contributed by atoms with Crippen LogP contribution in [-0.4, -0.2) is 29.9 Å². The first kappa shape index (κ1) is 21.2. The molecule has 8 heteroatoms. The average molecular weight is 433 g/mol. The topological polar surface area (TPSA) is 101 Å². The fraction of sp³-hybridized carbons (Fsp3) is 0.208. The summed E-state index contributed by atoms with van der Waals surface area (Å²) in [5.74, 6) is -0.740. The lowest BCUT2D eigenvalue weighted by atomic mass is 9.96. The van der Waals surface area contributed by atoms with E-state index in [0.29, 0.717) is 34.9 Å². The van der Waals surface area contributed by atoms with Gasteiger partial charge in [-0.3, -0.25) is 14.5 Å². The molecular formula is C24H23N3O5. The number of hydrogen-bond donors (Lipinski definition) is 2. The monoisotopic (exact) mass is 433 g/mol. The number of rotatable bonds is 6. The maximum absolute atomic E-state index is 13.1. The van der Waals surface area contributed by atoms with Crippen LogP contribution in [0.2, 0.25) is 0 Å². The first-order chi connectivity index (χ1) is 15.4. The smallest absolute Gasteiger partial charge is 0.340 e. The molecule has 32 heavy (non-hydrogen) atoms. The summed E-state index contributed by atoms with van der Waals surface area (Å²) in [7, 11) is 0. The maximum Gasteiger partial charge on any atom is 0.340 e. The molecule has 4 rings (SSSR count). The van der Waals surface area contributed by atoms with Gasteiger partial charge in [0, 0.05) is 5.69 Å². The van der Waals surface area contributed by atoms with E-state index in [1.165, 1.54) is 4.90 Å². The van der Waals surface area contributed by atoms with Gasteiger partial charge in [-0.05, 0) is 50.2 Å². The first-order valence-electron chi connectivity index (χ1n) is 10.1. The Morgan fingerprint density at radius 1 is 1.06 bits per heavy atom. The third kappa shape index (κ3) is 4.07. The minimum absolute atomic E-state index is 0.294. The van der Waals surface area contributed by atoms with Gasteiger partial charge in [0.05, 0.1) is 29.7 Å². The van der Waals surface area contributed by atoms with Gasteiger partial charge in [-0.15, -0.1) is 0 Å². The second kappa shape index (κ2) is 8.58. The number of benzene rings is 2. The summed E-state index contributed by atoms with van der Waals surface area (Å²) in [4.78, 5) is 39.7. The van der Waals surface area contributed by atoms with Gasteiger partial charge in [0.25, 0.3) is 5.91 Å². The molecule has 0 unspecified atom stereocenters. The van der Waals surface area contributed by atoms with Crippen LogP contribution in [-0.2, 0) is 20.9 Å². The van der Waals surface area contributed by atoms with Crippen molar-refractivity contribution in [2.24, 2.45) is 0 Å². The van der Waals surface area contributed by atoms with Crippen molar-refractivity contribution < 1.29 is 23.5 Å². The van der Waals surface area contributed by atoms with Crippen molar-refractivity contribution in [3.63, 3.8) is 0 Å². The van der Waals surface area contributed by atoms with Crippen molar-refractivity contribution in [3.8, 4) is 0 Å². The van der Waals surface area contributed by atoms with E-state index in [9.17, 15) is 14.4 Å². The molecule has 0 radical (unpaired) electrons. The SMILES string of the molecule is CC1(C)C(=O)Nc2ccccc2N1C(=O)COC(=O)c1ccccc1NCc1ccco1. The highest BCUT2D eigenvalue weighted by atomic mass is 16.5. The number of nitrogens with one attached hydrogen (secondary N) is 2. The summed E-state index contributed by atoms with van der Waals surface area (Å²) in [5.41, 5.74) is 0.801. The third-order valence-corrected chi connectivity index (χ3v) is 5.26. The Morgan fingerprint density at radius 3 is 2.59 bits per heavy atom. The van der Waals surface area contributed by atoms with E-state index in [4.69, 9.17) is 9.15 Å². The molecule has 0 fully saturated rings.